The number of carbonyl (C=O) groups is 1. The normalized spacial score (nSPS) is 10.4. The van der Waals surface area contributed by atoms with Gasteiger partial charge in [0, 0.05) is 17.7 Å². The van der Waals surface area contributed by atoms with E-state index in [1.165, 1.54) is 12.1 Å². The van der Waals surface area contributed by atoms with E-state index in [0.29, 0.717) is 16.6 Å². The Hall–Kier alpha value is -2.02. The van der Waals surface area contributed by atoms with Crippen LogP contribution in [0.4, 0.5) is 18.9 Å². The van der Waals surface area contributed by atoms with Gasteiger partial charge >= 0.3 is 0 Å². The van der Waals surface area contributed by atoms with E-state index in [1.807, 2.05) is 0 Å². The number of rotatable bonds is 2. The molecule has 0 saturated heterocycles. The molecule has 7 heteroatoms. The van der Waals surface area contributed by atoms with Crippen molar-refractivity contribution in [2.75, 3.05) is 5.32 Å². The quantitative estimate of drug-likeness (QED) is 0.813. The monoisotopic (exact) mass is 345 g/mol. The van der Waals surface area contributed by atoms with Crippen molar-refractivity contribution in [2.24, 2.45) is 0 Å². The highest BCUT2D eigenvalue weighted by Gasteiger charge is 2.14. The van der Waals surface area contributed by atoms with E-state index in [2.05, 4.69) is 21.2 Å². The summed E-state index contributed by atoms with van der Waals surface area (Å²) < 4.78 is 39.5. The lowest BCUT2D eigenvalue weighted by Gasteiger charge is -2.08. The zero-order valence-corrected chi connectivity index (χ0v) is 11.3. The van der Waals surface area contributed by atoms with E-state index in [-0.39, 0.29) is 11.3 Å². The highest BCUT2D eigenvalue weighted by molar-refractivity contribution is 9.10. The highest BCUT2D eigenvalue weighted by atomic mass is 79.9. The van der Waals surface area contributed by atoms with Gasteiger partial charge in [-0.2, -0.15) is 0 Å². The predicted octanol–water partition coefficient (Wildman–Crippen LogP) is 3.82. The van der Waals surface area contributed by atoms with Gasteiger partial charge in [0.05, 0.1) is 10.2 Å². The molecular formula is C13H7BrF3NO2. The van der Waals surface area contributed by atoms with E-state index in [1.54, 1.807) is 0 Å². The third-order valence-corrected chi connectivity index (χ3v) is 3.14. The molecule has 2 rings (SSSR count). The van der Waals surface area contributed by atoms with Crippen LogP contribution in [0.5, 0.6) is 5.75 Å². The van der Waals surface area contributed by atoms with Crippen molar-refractivity contribution in [3.8, 4) is 5.75 Å². The summed E-state index contributed by atoms with van der Waals surface area (Å²) in [5.74, 6) is -4.66. The zero-order valence-electron chi connectivity index (χ0n) is 9.75. The highest BCUT2D eigenvalue weighted by Crippen LogP contribution is 2.25. The Bertz CT molecular complexity index is 692. The van der Waals surface area contributed by atoms with Gasteiger partial charge in [-0.1, -0.05) is 0 Å². The average molecular weight is 346 g/mol. The van der Waals surface area contributed by atoms with Crippen molar-refractivity contribution in [3.63, 3.8) is 0 Å². The van der Waals surface area contributed by atoms with Gasteiger partial charge in [0.25, 0.3) is 5.91 Å². The molecule has 3 nitrogen and oxygen atoms in total. The molecular weight excluding hydrogens is 339 g/mol. The molecule has 0 fully saturated rings. The number of nitrogens with one attached hydrogen (secondary N) is 1. The van der Waals surface area contributed by atoms with Crippen molar-refractivity contribution >= 4 is 27.5 Å². The van der Waals surface area contributed by atoms with Crippen molar-refractivity contribution < 1.29 is 23.1 Å². The number of halogens is 4. The van der Waals surface area contributed by atoms with E-state index < -0.39 is 29.0 Å². The number of hydrogen-bond donors (Lipinski definition) is 2. The number of hydrogen-bond acceptors (Lipinski definition) is 2. The number of phenols is 1. The van der Waals surface area contributed by atoms with E-state index in [0.717, 1.165) is 6.07 Å². The van der Waals surface area contributed by atoms with Crippen molar-refractivity contribution in [1.82, 2.24) is 0 Å². The number of benzene rings is 2. The van der Waals surface area contributed by atoms with Gasteiger partial charge in [-0.25, -0.2) is 13.2 Å². The van der Waals surface area contributed by atoms with Gasteiger partial charge in [0.1, 0.15) is 11.6 Å². The minimum Gasteiger partial charge on any atom is -0.507 e. The number of anilines is 1. The first-order valence-corrected chi connectivity index (χ1v) is 6.12. The SMILES string of the molecule is O=C(Nc1cc(F)c(F)cc1F)c1ccc(Br)c(O)c1. The first-order chi connectivity index (χ1) is 9.38. The smallest absolute Gasteiger partial charge is 0.255 e. The Morgan fingerprint density at radius 1 is 1.05 bits per heavy atom. The molecule has 0 bridgehead atoms. The summed E-state index contributed by atoms with van der Waals surface area (Å²) in [6.07, 6.45) is 0. The van der Waals surface area contributed by atoms with E-state index in [9.17, 15) is 23.1 Å². The lowest BCUT2D eigenvalue weighted by Crippen LogP contribution is -2.13. The molecule has 0 spiro atoms. The predicted molar refractivity (Wildman–Crippen MR) is 70.1 cm³/mol. The number of amides is 1. The van der Waals surface area contributed by atoms with Crippen molar-refractivity contribution in [2.45, 2.75) is 0 Å². The second-order valence-corrected chi connectivity index (χ2v) is 4.72. The minimum absolute atomic E-state index is 0.0369. The van der Waals surface area contributed by atoms with Gasteiger partial charge in [0.2, 0.25) is 0 Å². The summed E-state index contributed by atoms with van der Waals surface area (Å²) in [5, 5.41) is 11.5. The van der Waals surface area contributed by atoms with Gasteiger partial charge in [-0.15, -0.1) is 0 Å². The fourth-order valence-corrected chi connectivity index (χ4v) is 1.71. The topological polar surface area (TPSA) is 49.3 Å². The summed E-state index contributed by atoms with van der Waals surface area (Å²) in [4.78, 5) is 11.8. The largest absolute Gasteiger partial charge is 0.507 e. The average Bonchev–Trinajstić information content (AvgIpc) is 2.39. The van der Waals surface area contributed by atoms with E-state index in [4.69, 9.17) is 0 Å². The van der Waals surface area contributed by atoms with Crippen LogP contribution in [0.3, 0.4) is 0 Å². The molecule has 0 unspecified atom stereocenters. The third-order valence-electron chi connectivity index (χ3n) is 2.47. The molecule has 0 aliphatic heterocycles. The summed E-state index contributed by atoms with van der Waals surface area (Å²) >= 11 is 3.04. The molecule has 20 heavy (non-hydrogen) atoms. The van der Waals surface area contributed by atoms with Crippen LogP contribution < -0.4 is 5.32 Å². The Kier molecular flexibility index (Phi) is 3.99. The second kappa shape index (κ2) is 5.54. The first kappa shape index (κ1) is 14.4. The van der Waals surface area contributed by atoms with Gasteiger partial charge in [-0.05, 0) is 34.1 Å². The number of phenolic OH excluding ortho intramolecular Hbond substituents is 1. The Balaban J connectivity index is 2.27. The molecule has 2 aromatic rings. The van der Waals surface area contributed by atoms with Crippen LogP contribution in [0, 0.1) is 17.5 Å². The van der Waals surface area contributed by atoms with Crippen molar-refractivity contribution in [1.29, 1.82) is 0 Å². The molecule has 0 aliphatic rings. The summed E-state index contributed by atoms with van der Waals surface area (Å²) in [7, 11) is 0. The summed E-state index contributed by atoms with van der Waals surface area (Å²) in [6, 6.07) is 4.82. The second-order valence-electron chi connectivity index (χ2n) is 3.87. The van der Waals surface area contributed by atoms with Crippen LogP contribution >= 0.6 is 15.9 Å². The molecule has 2 N–H and O–H groups in total. The fraction of sp³-hybridized carbons (Fsp3) is 0. The lowest BCUT2D eigenvalue weighted by atomic mass is 10.2. The van der Waals surface area contributed by atoms with Crippen LogP contribution in [-0.2, 0) is 0 Å². The molecule has 0 aromatic heterocycles. The fourth-order valence-electron chi connectivity index (χ4n) is 1.47. The molecule has 0 saturated carbocycles. The Labute approximate surface area is 120 Å². The molecule has 0 radical (unpaired) electrons. The van der Waals surface area contributed by atoms with Crippen LogP contribution in [0.25, 0.3) is 0 Å². The third kappa shape index (κ3) is 2.93. The number of carbonyl (C=O) groups excluding carboxylic acids is 1. The maximum Gasteiger partial charge on any atom is 0.255 e. The van der Waals surface area contributed by atoms with Crippen molar-refractivity contribution in [3.05, 3.63) is 57.8 Å². The molecule has 0 heterocycles. The molecule has 1 amide bonds. The standard InChI is InChI=1S/C13H7BrF3NO2/c14-7-2-1-6(3-12(7)19)13(20)18-11-5-9(16)8(15)4-10(11)17/h1-5,19H,(H,18,20). The first-order valence-electron chi connectivity index (χ1n) is 5.33. The van der Waals surface area contributed by atoms with Crippen LogP contribution in [-0.4, -0.2) is 11.0 Å². The van der Waals surface area contributed by atoms with Crippen LogP contribution in [0.1, 0.15) is 10.4 Å². The van der Waals surface area contributed by atoms with E-state index >= 15 is 0 Å². The maximum absolute atomic E-state index is 13.4. The summed E-state index contributed by atoms with van der Waals surface area (Å²) in [5.41, 5.74) is -0.453. The number of aromatic hydroxyl groups is 1. The zero-order chi connectivity index (χ0) is 14.9. The van der Waals surface area contributed by atoms with Gasteiger partial charge in [-0.3, -0.25) is 4.79 Å². The summed E-state index contributed by atoms with van der Waals surface area (Å²) in [6.45, 7) is 0. The molecule has 104 valence electrons. The molecule has 0 aliphatic carbocycles. The lowest BCUT2D eigenvalue weighted by molar-refractivity contribution is 0.102. The Morgan fingerprint density at radius 3 is 2.35 bits per heavy atom. The van der Waals surface area contributed by atoms with Crippen LogP contribution in [0.2, 0.25) is 0 Å². The Morgan fingerprint density at radius 2 is 1.70 bits per heavy atom. The molecule has 0 atom stereocenters. The van der Waals surface area contributed by atoms with Crippen LogP contribution in [0.15, 0.2) is 34.8 Å². The molecule has 2 aromatic carbocycles. The van der Waals surface area contributed by atoms with Gasteiger partial charge < -0.3 is 10.4 Å². The minimum atomic E-state index is -1.35. The van der Waals surface area contributed by atoms with Gasteiger partial charge in [0.15, 0.2) is 11.6 Å². The maximum atomic E-state index is 13.4.